The first-order chi connectivity index (χ1) is 17.5. The van der Waals surface area contributed by atoms with Gasteiger partial charge in [0.25, 0.3) is 0 Å². The lowest BCUT2D eigenvalue weighted by Gasteiger charge is -2.45. The Kier molecular flexibility index (Phi) is 7.84. The average molecular weight is 526 g/mol. The first-order valence-corrected chi connectivity index (χ1v) is 14.3. The van der Waals surface area contributed by atoms with Gasteiger partial charge in [0, 0.05) is 26.7 Å². The lowest BCUT2D eigenvalue weighted by atomic mass is 9.74. The molecule has 2 saturated carbocycles. The van der Waals surface area contributed by atoms with Crippen LogP contribution in [0.15, 0.2) is 12.2 Å². The molecule has 0 amide bonds. The molecule has 0 radical (unpaired) electrons. The quantitative estimate of drug-likeness (QED) is 0.413. The van der Waals surface area contributed by atoms with Gasteiger partial charge in [0.1, 0.15) is 12.2 Å². The second-order valence-electron chi connectivity index (χ2n) is 12.5. The maximum atomic E-state index is 13.2. The lowest BCUT2D eigenvalue weighted by molar-refractivity contribution is -0.150. The molecular weight excluding hydrogens is 479 g/mol. The summed E-state index contributed by atoms with van der Waals surface area (Å²) in [5, 5.41) is 19.4. The summed E-state index contributed by atoms with van der Waals surface area (Å²) in [7, 11) is 3.83. The third kappa shape index (κ3) is 5.40. The van der Waals surface area contributed by atoms with Gasteiger partial charge in [0.2, 0.25) is 0 Å². The van der Waals surface area contributed by atoms with E-state index in [-0.39, 0.29) is 37.0 Å². The zero-order chi connectivity index (χ0) is 26.5. The molecule has 10 heteroatoms. The van der Waals surface area contributed by atoms with Crippen LogP contribution in [0.5, 0.6) is 0 Å². The van der Waals surface area contributed by atoms with E-state index in [2.05, 4.69) is 39.3 Å². The van der Waals surface area contributed by atoms with Gasteiger partial charge in [-0.3, -0.25) is 26.3 Å². The normalized spacial score (nSPS) is 41.8. The van der Waals surface area contributed by atoms with E-state index in [1.54, 1.807) is 7.05 Å². The van der Waals surface area contributed by atoms with Crippen molar-refractivity contribution in [2.24, 2.45) is 23.7 Å². The number of nitrogens with one attached hydrogen (secondary N) is 4. The van der Waals surface area contributed by atoms with Crippen LogP contribution in [0.25, 0.3) is 0 Å². The molecular formula is C27H46F3N7. The summed E-state index contributed by atoms with van der Waals surface area (Å²) in [6.45, 7) is 8.19. The number of fused-ring (bicyclic) bond motifs is 1. The van der Waals surface area contributed by atoms with Crippen LogP contribution in [0.4, 0.5) is 13.2 Å². The minimum absolute atomic E-state index is 0.0303. The number of halogens is 3. The van der Waals surface area contributed by atoms with Gasteiger partial charge in [0.05, 0.1) is 18.4 Å². The van der Waals surface area contributed by atoms with Crippen molar-refractivity contribution >= 4 is 5.96 Å². The van der Waals surface area contributed by atoms with Crippen molar-refractivity contribution in [3.05, 3.63) is 12.2 Å². The third-order valence-electron chi connectivity index (χ3n) is 10.1. The van der Waals surface area contributed by atoms with E-state index in [4.69, 9.17) is 5.41 Å². The fourth-order valence-corrected chi connectivity index (χ4v) is 7.94. The second kappa shape index (κ2) is 10.7. The molecule has 0 aromatic heterocycles. The first-order valence-electron chi connectivity index (χ1n) is 14.3. The van der Waals surface area contributed by atoms with Crippen LogP contribution in [0.1, 0.15) is 58.3 Å². The van der Waals surface area contributed by atoms with Gasteiger partial charge in [-0.05, 0) is 76.2 Å². The Morgan fingerprint density at radius 3 is 2.38 bits per heavy atom. The van der Waals surface area contributed by atoms with Gasteiger partial charge >= 0.3 is 6.18 Å². The summed E-state index contributed by atoms with van der Waals surface area (Å²) in [5.74, 6) is 2.35. The molecule has 3 saturated heterocycles. The lowest BCUT2D eigenvalue weighted by Crippen LogP contribution is -2.67. The van der Waals surface area contributed by atoms with Crippen LogP contribution >= 0.6 is 0 Å². The first kappa shape index (κ1) is 27.2. The molecule has 7 atom stereocenters. The molecule has 0 aromatic rings. The Labute approximate surface area is 220 Å². The highest BCUT2D eigenvalue weighted by Crippen LogP contribution is 2.39. The summed E-state index contributed by atoms with van der Waals surface area (Å²) in [6, 6.07) is -1.20. The molecule has 7 nitrogen and oxygen atoms in total. The minimum atomic E-state index is -4.19. The van der Waals surface area contributed by atoms with Crippen LogP contribution in [-0.4, -0.2) is 91.1 Å². The van der Waals surface area contributed by atoms with Crippen molar-refractivity contribution in [1.82, 2.24) is 30.7 Å². The van der Waals surface area contributed by atoms with E-state index >= 15 is 0 Å². The van der Waals surface area contributed by atoms with Crippen molar-refractivity contribution in [1.29, 1.82) is 5.41 Å². The standard InChI is InChI=1S/C27H46F3N7/c1-16(2)19-7-5-6-8-20(19)23-32-13-21-25(34-23)37(26(31)36(21)4)14-17-9-11-18(12-10-17)24-33-22(15-35(24)3)27(28,29)30/h17-25,31-34H,1,5-15H2,2-4H3. The molecule has 3 heterocycles. The van der Waals surface area contributed by atoms with E-state index in [0.717, 1.165) is 38.8 Å². The Hall–Kier alpha value is -1.36. The number of guanidine groups is 1. The molecule has 0 spiro atoms. The highest BCUT2D eigenvalue weighted by molar-refractivity contribution is 5.80. The van der Waals surface area contributed by atoms with Crippen LogP contribution in [0.3, 0.4) is 0 Å². The van der Waals surface area contributed by atoms with Crippen LogP contribution in [0.2, 0.25) is 0 Å². The molecule has 0 aromatic carbocycles. The Morgan fingerprint density at radius 1 is 1.03 bits per heavy atom. The highest BCUT2D eigenvalue weighted by atomic mass is 19.4. The third-order valence-corrected chi connectivity index (χ3v) is 10.1. The van der Waals surface area contributed by atoms with E-state index in [9.17, 15) is 13.2 Å². The minimum Gasteiger partial charge on any atom is -0.338 e. The van der Waals surface area contributed by atoms with Crippen LogP contribution in [-0.2, 0) is 0 Å². The van der Waals surface area contributed by atoms with E-state index in [1.807, 2.05) is 11.9 Å². The summed E-state index contributed by atoms with van der Waals surface area (Å²) in [4.78, 5) is 6.21. The molecule has 5 rings (SSSR count). The molecule has 37 heavy (non-hydrogen) atoms. The zero-order valence-electron chi connectivity index (χ0n) is 22.7. The zero-order valence-corrected chi connectivity index (χ0v) is 22.7. The number of nitrogens with zero attached hydrogens (tertiary/aromatic N) is 3. The van der Waals surface area contributed by atoms with Crippen LogP contribution in [0, 0.1) is 29.1 Å². The molecule has 2 aliphatic carbocycles. The SMILES string of the molecule is C=C(C)C1CCCCC1C1NCC2C(N1)N(CC1CCC(C3NC(C(F)(F)F)CN3C)CC1)C(=N)N2C. The average Bonchev–Trinajstić information content (AvgIpc) is 3.38. The van der Waals surface area contributed by atoms with Gasteiger partial charge < -0.3 is 9.80 Å². The number of rotatable bonds is 5. The van der Waals surface area contributed by atoms with Gasteiger partial charge in [-0.15, -0.1) is 0 Å². The number of hydrogen-bond acceptors (Lipinski definition) is 5. The summed E-state index contributed by atoms with van der Waals surface area (Å²) >= 11 is 0. The Bertz CT molecular complexity index is 842. The molecule has 210 valence electrons. The number of hydrogen-bond donors (Lipinski definition) is 4. The molecule has 5 fully saturated rings. The van der Waals surface area contributed by atoms with Gasteiger partial charge in [-0.2, -0.15) is 13.2 Å². The fraction of sp³-hybridized carbons (Fsp3) is 0.889. The maximum absolute atomic E-state index is 13.2. The highest BCUT2D eigenvalue weighted by Gasteiger charge is 2.50. The second-order valence-corrected chi connectivity index (χ2v) is 12.5. The molecule has 0 bridgehead atoms. The van der Waals surface area contributed by atoms with Gasteiger partial charge in [-0.1, -0.05) is 25.0 Å². The number of likely N-dealkylation sites (N-methyl/N-ethyl adjacent to an activating group) is 2. The predicted octanol–water partition coefficient (Wildman–Crippen LogP) is 3.36. The summed E-state index contributed by atoms with van der Waals surface area (Å²) in [5.41, 5.74) is 1.28. The Balaban J connectivity index is 1.19. The van der Waals surface area contributed by atoms with Crippen molar-refractivity contribution in [3.63, 3.8) is 0 Å². The molecule has 7 unspecified atom stereocenters. The van der Waals surface area contributed by atoms with E-state index in [0.29, 0.717) is 23.7 Å². The van der Waals surface area contributed by atoms with Gasteiger partial charge in [0.15, 0.2) is 5.96 Å². The molecule has 3 aliphatic heterocycles. The maximum Gasteiger partial charge on any atom is 0.405 e. The van der Waals surface area contributed by atoms with Crippen molar-refractivity contribution in [2.75, 3.05) is 33.7 Å². The van der Waals surface area contributed by atoms with E-state index < -0.39 is 12.2 Å². The number of alkyl halides is 3. The van der Waals surface area contributed by atoms with Gasteiger partial charge in [-0.25, -0.2) is 0 Å². The van der Waals surface area contributed by atoms with Crippen LogP contribution < -0.4 is 16.0 Å². The largest absolute Gasteiger partial charge is 0.405 e. The molecule has 4 N–H and O–H groups in total. The fourth-order valence-electron chi connectivity index (χ4n) is 7.94. The Morgan fingerprint density at radius 2 is 1.73 bits per heavy atom. The number of allylic oxidation sites excluding steroid dienone is 1. The summed E-state index contributed by atoms with van der Waals surface area (Å²) < 4.78 is 39.7. The smallest absolute Gasteiger partial charge is 0.338 e. The van der Waals surface area contributed by atoms with E-state index in [1.165, 1.54) is 31.3 Å². The van der Waals surface area contributed by atoms with Crippen molar-refractivity contribution in [3.8, 4) is 0 Å². The predicted molar refractivity (Wildman–Crippen MR) is 140 cm³/mol. The van der Waals surface area contributed by atoms with Crippen molar-refractivity contribution < 1.29 is 13.2 Å². The van der Waals surface area contributed by atoms with Crippen molar-refractivity contribution in [2.45, 2.75) is 95.0 Å². The summed E-state index contributed by atoms with van der Waals surface area (Å²) in [6.07, 6.45) is 4.78. The molecule has 5 aliphatic rings. The monoisotopic (exact) mass is 525 g/mol. The topological polar surface area (TPSA) is 69.7 Å².